The molecule has 2 aromatic heterocycles. The van der Waals surface area contributed by atoms with Gasteiger partial charge in [0.1, 0.15) is 9.21 Å². The van der Waals surface area contributed by atoms with Crippen LogP contribution in [-0.4, -0.2) is 27.6 Å². The number of thiophene rings is 1. The Morgan fingerprint density at radius 3 is 2.88 bits per heavy atom. The summed E-state index contributed by atoms with van der Waals surface area (Å²) < 4.78 is 6.61. The van der Waals surface area contributed by atoms with E-state index in [0.717, 1.165) is 30.5 Å². The third kappa shape index (κ3) is 2.53. The molecule has 0 radical (unpaired) electrons. The Hall–Kier alpha value is -2.45. The molecule has 0 aliphatic heterocycles. The number of hydrogen-bond donors (Lipinski definition) is 0. The second-order valence-corrected chi connectivity index (χ2v) is 6.53. The van der Waals surface area contributed by atoms with Crippen molar-refractivity contribution in [2.24, 2.45) is 0 Å². The molecule has 0 bridgehead atoms. The van der Waals surface area contributed by atoms with E-state index in [1.165, 1.54) is 0 Å². The maximum absolute atomic E-state index is 11.8. The minimum absolute atomic E-state index is 0.0303. The van der Waals surface area contributed by atoms with Crippen molar-refractivity contribution in [3.05, 3.63) is 44.5 Å². The van der Waals surface area contributed by atoms with Gasteiger partial charge >= 0.3 is 11.7 Å². The van der Waals surface area contributed by atoms with Crippen LogP contribution in [0, 0.1) is 10.1 Å². The molecular weight excluding hydrogens is 354 g/mol. The van der Waals surface area contributed by atoms with Gasteiger partial charge in [0.25, 0.3) is 0 Å². The quantitative estimate of drug-likeness (QED) is 0.394. The van der Waals surface area contributed by atoms with Crippen molar-refractivity contribution in [3.63, 3.8) is 0 Å². The number of carbonyl (C=O) groups excluding carboxylic acids is 1. The summed E-state index contributed by atoms with van der Waals surface area (Å²) >= 11 is 7.03. The number of nitro groups is 1. The van der Waals surface area contributed by atoms with Crippen LogP contribution in [0.4, 0.5) is 5.69 Å². The van der Waals surface area contributed by atoms with E-state index >= 15 is 0 Å². The van der Waals surface area contributed by atoms with E-state index in [4.69, 9.17) is 11.6 Å². The van der Waals surface area contributed by atoms with Crippen LogP contribution in [0.5, 0.6) is 0 Å². The summed E-state index contributed by atoms with van der Waals surface area (Å²) in [4.78, 5) is 27.3. The van der Waals surface area contributed by atoms with E-state index in [-0.39, 0.29) is 15.6 Å². The molecule has 0 spiro atoms. The lowest BCUT2D eigenvalue weighted by molar-refractivity contribution is -0.384. The SMILES string of the molecule is CCn1cnc2cc(-c3sc(Cl)c(C(=O)OC)c3[N+](=O)[O-])ccc21. The Labute approximate surface area is 145 Å². The molecule has 0 atom stereocenters. The predicted molar refractivity (Wildman–Crippen MR) is 91.7 cm³/mol. The smallest absolute Gasteiger partial charge is 0.347 e. The highest BCUT2D eigenvalue weighted by Crippen LogP contribution is 2.45. The van der Waals surface area contributed by atoms with Gasteiger partial charge in [-0.25, -0.2) is 9.78 Å². The van der Waals surface area contributed by atoms with Gasteiger partial charge in [-0.1, -0.05) is 17.7 Å². The van der Waals surface area contributed by atoms with Crippen molar-refractivity contribution in [1.82, 2.24) is 9.55 Å². The summed E-state index contributed by atoms with van der Waals surface area (Å²) in [5, 5.41) is 11.5. The lowest BCUT2D eigenvalue weighted by Crippen LogP contribution is -2.04. The normalized spacial score (nSPS) is 11.0. The van der Waals surface area contributed by atoms with Crippen LogP contribution in [0.2, 0.25) is 4.34 Å². The van der Waals surface area contributed by atoms with Crippen molar-refractivity contribution < 1.29 is 14.5 Å². The summed E-state index contributed by atoms with van der Waals surface area (Å²) in [6, 6.07) is 5.35. The first kappa shape index (κ1) is 16.4. The van der Waals surface area contributed by atoms with Gasteiger partial charge in [-0.2, -0.15) is 0 Å². The molecule has 9 heteroatoms. The van der Waals surface area contributed by atoms with Gasteiger partial charge in [-0.15, -0.1) is 11.3 Å². The van der Waals surface area contributed by atoms with Gasteiger partial charge in [0.15, 0.2) is 5.56 Å². The molecule has 0 N–H and O–H groups in total. The summed E-state index contributed by atoms with van der Waals surface area (Å²) in [5.74, 6) is -0.828. The van der Waals surface area contributed by atoms with Crippen molar-refractivity contribution in [2.75, 3.05) is 7.11 Å². The molecule has 1 aromatic carbocycles. The fourth-order valence-electron chi connectivity index (χ4n) is 2.50. The number of aromatic nitrogens is 2. The molecular formula is C15H12ClN3O4S. The van der Waals surface area contributed by atoms with Gasteiger partial charge < -0.3 is 9.30 Å². The topological polar surface area (TPSA) is 87.3 Å². The minimum Gasteiger partial charge on any atom is -0.465 e. The molecule has 0 saturated carbocycles. The van der Waals surface area contributed by atoms with E-state index in [1.54, 1.807) is 18.5 Å². The first-order chi connectivity index (χ1) is 11.5. The third-order valence-electron chi connectivity index (χ3n) is 3.64. The van der Waals surface area contributed by atoms with Gasteiger partial charge in [0.2, 0.25) is 0 Å². The van der Waals surface area contributed by atoms with Crippen molar-refractivity contribution in [3.8, 4) is 10.4 Å². The number of nitrogens with zero attached hydrogens (tertiary/aromatic N) is 3. The van der Waals surface area contributed by atoms with E-state index < -0.39 is 10.9 Å². The van der Waals surface area contributed by atoms with Crippen LogP contribution < -0.4 is 0 Å². The Balaban J connectivity index is 2.22. The zero-order valence-electron chi connectivity index (χ0n) is 12.8. The van der Waals surface area contributed by atoms with Crippen molar-refractivity contribution in [1.29, 1.82) is 0 Å². The predicted octanol–water partition coefficient (Wildman–Crippen LogP) is 4.13. The summed E-state index contributed by atoms with van der Waals surface area (Å²) in [7, 11) is 1.16. The van der Waals surface area contributed by atoms with E-state index in [9.17, 15) is 14.9 Å². The zero-order valence-corrected chi connectivity index (χ0v) is 14.3. The molecule has 0 amide bonds. The average Bonchev–Trinajstić information content (AvgIpc) is 3.14. The number of imidazole rings is 1. The van der Waals surface area contributed by atoms with Crippen LogP contribution >= 0.6 is 22.9 Å². The number of fused-ring (bicyclic) bond motifs is 1. The highest BCUT2D eigenvalue weighted by Gasteiger charge is 2.33. The molecule has 0 aliphatic carbocycles. The Morgan fingerprint density at radius 2 is 2.25 bits per heavy atom. The number of halogens is 1. The maximum Gasteiger partial charge on any atom is 0.347 e. The molecule has 124 valence electrons. The third-order valence-corrected chi connectivity index (χ3v) is 5.07. The van der Waals surface area contributed by atoms with Crippen molar-refractivity contribution in [2.45, 2.75) is 13.5 Å². The van der Waals surface area contributed by atoms with Crippen LogP contribution in [-0.2, 0) is 11.3 Å². The summed E-state index contributed by atoms with van der Waals surface area (Å²) in [6.07, 6.45) is 1.71. The highest BCUT2D eigenvalue weighted by atomic mass is 35.5. The number of aryl methyl sites for hydroxylation is 1. The molecule has 3 aromatic rings. The second-order valence-electron chi connectivity index (χ2n) is 4.91. The molecule has 2 heterocycles. The summed E-state index contributed by atoms with van der Waals surface area (Å²) in [6.45, 7) is 2.77. The molecule has 0 aliphatic rings. The standard InChI is InChI=1S/C15H12ClN3O4S/c1-3-18-7-17-9-6-8(4-5-10(9)18)13-12(19(21)22)11(14(16)24-13)15(20)23-2/h4-7H,3H2,1-2H3. The fourth-order valence-corrected chi connectivity index (χ4v) is 3.88. The van der Waals surface area contributed by atoms with Gasteiger partial charge in [0, 0.05) is 12.1 Å². The van der Waals surface area contributed by atoms with Crippen LogP contribution in [0.1, 0.15) is 17.3 Å². The lowest BCUT2D eigenvalue weighted by atomic mass is 10.1. The van der Waals surface area contributed by atoms with E-state index in [2.05, 4.69) is 9.72 Å². The maximum atomic E-state index is 11.8. The monoisotopic (exact) mass is 365 g/mol. The van der Waals surface area contributed by atoms with E-state index in [0.29, 0.717) is 16.0 Å². The zero-order chi connectivity index (χ0) is 17.4. The Bertz CT molecular complexity index is 963. The Morgan fingerprint density at radius 1 is 1.50 bits per heavy atom. The first-order valence-corrected chi connectivity index (χ1v) is 8.17. The number of ether oxygens (including phenoxy) is 1. The average molecular weight is 366 g/mol. The number of carbonyl (C=O) groups is 1. The van der Waals surface area contributed by atoms with Crippen molar-refractivity contribution >= 4 is 45.6 Å². The molecule has 0 unspecified atom stereocenters. The molecule has 0 fully saturated rings. The van der Waals surface area contributed by atoms with Crippen LogP contribution in [0.3, 0.4) is 0 Å². The van der Waals surface area contributed by atoms with Crippen LogP contribution in [0.15, 0.2) is 24.5 Å². The fraction of sp³-hybridized carbons (Fsp3) is 0.200. The molecule has 7 nitrogen and oxygen atoms in total. The molecule has 24 heavy (non-hydrogen) atoms. The number of rotatable bonds is 4. The lowest BCUT2D eigenvalue weighted by Gasteiger charge is -2.02. The largest absolute Gasteiger partial charge is 0.465 e. The van der Waals surface area contributed by atoms with Gasteiger partial charge in [-0.05, 0) is 19.1 Å². The summed E-state index contributed by atoms with van der Waals surface area (Å²) in [5.41, 5.74) is 1.67. The number of hydrogen-bond acceptors (Lipinski definition) is 6. The number of methoxy groups -OCH3 is 1. The van der Waals surface area contributed by atoms with E-state index in [1.807, 2.05) is 17.6 Å². The Kier molecular flexibility index (Phi) is 4.25. The number of benzene rings is 1. The first-order valence-electron chi connectivity index (χ1n) is 6.98. The second kappa shape index (κ2) is 6.21. The van der Waals surface area contributed by atoms with Crippen LogP contribution in [0.25, 0.3) is 21.5 Å². The number of esters is 1. The minimum atomic E-state index is -0.828. The van der Waals surface area contributed by atoms with Gasteiger partial charge in [0.05, 0.1) is 29.4 Å². The molecule has 0 saturated heterocycles. The van der Waals surface area contributed by atoms with Gasteiger partial charge in [-0.3, -0.25) is 10.1 Å². The molecule has 3 rings (SSSR count). The highest BCUT2D eigenvalue weighted by molar-refractivity contribution is 7.20.